The molecule has 0 aromatic heterocycles. The van der Waals surface area contributed by atoms with Gasteiger partial charge in [0.15, 0.2) is 0 Å². The lowest BCUT2D eigenvalue weighted by molar-refractivity contribution is 0.325. The van der Waals surface area contributed by atoms with Gasteiger partial charge in [0.2, 0.25) is 0 Å². The first-order valence-electron chi connectivity index (χ1n) is 12.1. The van der Waals surface area contributed by atoms with Crippen LogP contribution in [0.15, 0.2) is 60.3 Å². The molecule has 0 saturated heterocycles. The van der Waals surface area contributed by atoms with Crippen molar-refractivity contribution in [1.29, 1.82) is 0 Å². The number of unbranched alkanes of at least 4 members (excludes halogenated alkanes) is 6. The Balaban J connectivity index is 3.76. The van der Waals surface area contributed by atoms with E-state index in [1.807, 2.05) is 26.0 Å². The molecule has 0 bridgehead atoms. The second-order valence-electron chi connectivity index (χ2n) is 7.40. The van der Waals surface area contributed by atoms with Crippen LogP contribution in [0.25, 0.3) is 0 Å². The van der Waals surface area contributed by atoms with Gasteiger partial charge in [-0.05, 0) is 107 Å². The van der Waals surface area contributed by atoms with Gasteiger partial charge in [-0.2, -0.15) is 0 Å². The molecule has 0 rings (SSSR count). The normalized spacial score (nSPS) is 11.1. The summed E-state index contributed by atoms with van der Waals surface area (Å²) in [4.78, 5) is 0. The van der Waals surface area contributed by atoms with Gasteiger partial charge in [0.1, 0.15) is 0 Å². The average Bonchev–Trinajstić information content (AvgIpc) is 2.83. The summed E-state index contributed by atoms with van der Waals surface area (Å²) in [6.45, 7) is 4.07. The van der Waals surface area contributed by atoms with Crippen LogP contribution < -0.4 is 0 Å². The van der Waals surface area contributed by atoms with Crippen LogP contribution in [0.3, 0.4) is 0 Å². The Morgan fingerprint density at radius 1 is 0.636 bits per heavy atom. The van der Waals surface area contributed by atoms with E-state index in [2.05, 4.69) is 77.7 Å². The number of aliphatic hydroxyl groups is 1. The molecule has 174 valence electrons. The maximum atomic E-state index is 9.56. The van der Waals surface area contributed by atoms with E-state index in [0.717, 1.165) is 51.4 Å². The van der Waals surface area contributed by atoms with E-state index in [1.165, 1.54) is 24.8 Å². The fourth-order valence-electron chi connectivity index (χ4n) is 2.78. The Morgan fingerprint density at radius 3 is 1.73 bits per heavy atom. The van der Waals surface area contributed by atoms with Crippen LogP contribution in [0.4, 0.5) is 0 Å². The quantitative estimate of drug-likeness (QED) is 0.169. The fraction of sp³-hybridized carbons (Fsp3) is 0.438. The summed E-state index contributed by atoms with van der Waals surface area (Å²) in [5, 5.41) is 9.56. The average molecular weight is 441 g/mol. The van der Waals surface area contributed by atoms with Crippen molar-refractivity contribution in [2.75, 3.05) is 6.61 Å². The summed E-state index contributed by atoms with van der Waals surface area (Å²) in [7, 11) is 0. The summed E-state index contributed by atoms with van der Waals surface area (Å²) in [6.07, 6.45) is 29.9. The highest BCUT2D eigenvalue weighted by molar-refractivity contribution is 5.31. The monoisotopic (exact) mass is 440 g/mol. The third-order valence-corrected chi connectivity index (χ3v) is 4.55. The molecule has 0 aromatic carbocycles. The predicted octanol–water partition coefficient (Wildman–Crippen LogP) is 7.47. The highest BCUT2D eigenvalue weighted by atomic mass is 16.3. The number of hydrogen-bond donors (Lipinski definition) is 1. The summed E-state index contributed by atoms with van der Waals surface area (Å²) in [5.41, 5.74) is 1.18. The molecule has 0 aliphatic rings. The standard InChI is InChI=1S/C32H40O/c1-3-5-7-9-11-13-15-17-18-20-22-24-26-28-30-32(31-33)29-27-25-23-21-19-16-14-12-10-8-6-4-2/h3-6,17-19,21,30,33H,15-16,20,22-29,31H2,1-2H3. The molecule has 0 atom stereocenters. The van der Waals surface area contributed by atoms with E-state index >= 15 is 0 Å². The topological polar surface area (TPSA) is 20.2 Å². The van der Waals surface area contributed by atoms with Crippen LogP contribution in [-0.2, 0) is 0 Å². The van der Waals surface area contributed by atoms with E-state index < -0.39 is 0 Å². The molecule has 0 amide bonds. The minimum absolute atomic E-state index is 0.183. The zero-order valence-electron chi connectivity index (χ0n) is 20.6. The van der Waals surface area contributed by atoms with Crippen LogP contribution in [0.1, 0.15) is 84.5 Å². The largest absolute Gasteiger partial charge is 0.392 e. The zero-order valence-corrected chi connectivity index (χ0v) is 20.6. The third-order valence-electron chi connectivity index (χ3n) is 4.55. The summed E-state index contributed by atoms with van der Waals surface area (Å²) in [5.74, 6) is 23.0. The van der Waals surface area contributed by atoms with Crippen LogP contribution in [-0.4, -0.2) is 11.7 Å². The second-order valence-corrected chi connectivity index (χ2v) is 7.40. The van der Waals surface area contributed by atoms with Gasteiger partial charge in [-0.25, -0.2) is 0 Å². The summed E-state index contributed by atoms with van der Waals surface area (Å²) in [6, 6.07) is 0. The van der Waals surface area contributed by atoms with Crippen LogP contribution >= 0.6 is 0 Å². The molecular formula is C32H40O. The number of allylic oxidation sites excluding steroid dienone is 9. The maximum Gasteiger partial charge on any atom is 0.0641 e. The molecule has 0 saturated carbocycles. The van der Waals surface area contributed by atoms with Gasteiger partial charge in [-0.3, -0.25) is 0 Å². The van der Waals surface area contributed by atoms with Gasteiger partial charge in [-0.15, -0.1) is 0 Å². The third kappa shape index (κ3) is 25.0. The van der Waals surface area contributed by atoms with Gasteiger partial charge in [-0.1, -0.05) is 72.6 Å². The minimum atomic E-state index is 0.183. The Hall–Kier alpha value is -3.10. The lowest BCUT2D eigenvalue weighted by atomic mass is 10.0. The molecule has 1 N–H and O–H groups in total. The maximum absolute atomic E-state index is 9.56. The first-order valence-corrected chi connectivity index (χ1v) is 12.1. The Morgan fingerprint density at radius 2 is 1.18 bits per heavy atom. The van der Waals surface area contributed by atoms with Crippen LogP contribution in [0.5, 0.6) is 0 Å². The predicted molar refractivity (Wildman–Crippen MR) is 145 cm³/mol. The zero-order chi connectivity index (χ0) is 24.1. The molecule has 0 radical (unpaired) electrons. The number of aliphatic hydroxyl groups excluding tert-OH is 1. The van der Waals surface area contributed by atoms with Gasteiger partial charge >= 0.3 is 0 Å². The van der Waals surface area contributed by atoms with Crippen molar-refractivity contribution < 1.29 is 5.11 Å². The van der Waals surface area contributed by atoms with Gasteiger partial charge < -0.3 is 5.11 Å². The smallest absolute Gasteiger partial charge is 0.0641 e. The first kappa shape index (κ1) is 29.9. The van der Waals surface area contributed by atoms with Gasteiger partial charge in [0, 0.05) is 12.8 Å². The SMILES string of the molecule is CC=CC#CC#CCC=CCCCCCC=C(CO)CCCCC=CCC#CC#CC=CC. The Kier molecular flexibility index (Phi) is 24.4. The van der Waals surface area contributed by atoms with Gasteiger partial charge in [0.05, 0.1) is 6.61 Å². The molecule has 1 heteroatoms. The number of hydrogen-bond acceptors (Lipinski definition) is 1. The van der Waals surface area contributed by atoms with Crippen molar-refractivity contribution in [3.63, 3.8) is 0 Å². The summed E-state index contributed by atoms with van der Waals surface area (Å²) >= 11 is 0. The lowest BCUT2D eigenvalue weighted by Crippen LogP contribution is -1.91. The molecule has 0 unspecified atom stereocenters. The highest BCUT2D eigenvalue weighted by Gasteiger charge is 1.96. The second kappa shape index (κ2) is 26.9. The van der Waals surface area contributed by atoms with Crippen LogP contribution in [0.2, 0.25) is 0 Å². The molecule has 33 heavy (non-hydrogen) atoms. The van der Waals surface area contributed by atoms with E-state index in [0.29, 0.717) is 0 Å². The Bertz CT molecular complexity index is 877. The summed E-state index contributed by atoms with van der Waals surface area (Å²) < 4.78 is 0. The molecular weight excluding hydrogens is 400 g/mol. The Labute approximate surface area is 203 Å². The first-order chi connectivity index (χ1) is 16.3. The van der Waals surface area contributed by atoms with Crippen molar-refractivity contribution in [1.82, 2.24) is 0 Å². The molecule has 1 nitrogen and oxygen atoms in total. The van der Waals surface area contributed by atoms with E-state index in [4.69, 9.17) is 0 Å². The molecule has 0 aliphatic carbocycles. The van der Waals surface area contributed by atoms with Crippen molar-refractivity contribution in [3.05, 3.63) is 60.3 Å². The van der Waals surface area contributed by atoms with Crippen molar-refractivity contribution in [2.45, 2.75) is 84.5 Å². The van der Waals surface area contributed by atoms with Crippen LogP contribution in [0, 0.1) is 47.4 Å². The molecule has 0 aliphatic heterocycles. The minimum Gasteiger partial charge on any atom is -0.392 e. The highest BCUT2D eigenvalue weighted by Crippen LogP contribution is 2.12. The lowest BCUT2D eigenvalue weighted by Gasteiger charge is -2.04. The molecule has 0 fully saturated rings. The molecule has 0 aromatic rings. The van der Waals surface area contributed by atoms with E-state index in [1.54, 1.807) is 12.2 Å². The van der Waals surface area contributed by atoms with Crippen molar-refractivity contribution >= 4 is 0 Å². The molecule has 0 spiro atoms. The number of rotatable bonds is 14. The fourth-order valence-corrected chi connectivity index (χ4v) is 2.78. The van der Waals surface area contributed by atoms with Crippen molar-refractivity contribution in [3.8, 4) is 47.4 Å². The van der Waals surface area contributed by atoms with Gasteiger partial charge in [0.25, 0.3) is 0 Å². The molecule has 0 heterocycles. The van der Waals surface area contributed by atoms with E-state index in [-0.39, 0.29) is 6.61 Å². The van der Waals surface area contributed by atoms with Crippen molar-refractivity contribution in [2.24, 2.45) is 0 Å². The van der Waals surface area contributed by atoms with E-state index in [9.17, 15) is 5.11 Å².